The van der Waals surface area contributed by atoms with Crippen LogP contribution in [-0.2, 0) is 4.79 Å². The van der Waals surface area contributed by atoms with E-state index in [1.807, 2.05) is 43.3 Å². The van der Waals surface area contributed by atoms with Gasteiger partial charge in [-0.15, -0.1) is 0 Å². The van der Waals surface area contributed by atoms with Crippen LogP contribution in [-0.4, -0.2) is 24.2 Å². The molecule has 0 saturated carbocycles. The molecule has 1 aliphatic heterocycles. The maximum absolute atomic E-state index is 12.7. The van der Waals surface area contributed by atoms with Crippen molar-refractivity contribution in [1.82, 2.24) is 10.6 Å². The summed E-state index contributed by atoms with van der Waals surface area (Å²) >= 11 is 0. The quantitative estimate of drug-likeness (QED) is 0.593. The Hall–Kier alpha value is -3.72. The van der Waals surface area contributed by atoms with Crippen LogP contribution in [0.1, 0.15) is 47.3 Å². The molecule has 30 heavy (non-hydrogen) atoms. The van der Waals surface area contributed by atoms with Crippen LogP contribution in [0.25, 0.3) is 5.70 Å². The first-order valence-corrected chi connectivity index (χ1v) is 9.89. The number of aryl methyl sites for hydroxylation is 1. The maximum atomic E-state index is 12.7. The Morgan fingerprint density at radius 1 is 1.07 bits per heavy atom. The van der Waals surface area contributed by atoms with Gasteiger partial charge in [0.1, 0.15) is 17.5 Å². The molecule has 0 unspecified atom stereocenters. The first-order chi connectivity index (χ1) is 14.4. The second-order valence-corrected chi connectivity index (χ2v) is 7.60. The highest BCUT2D eigenvalue weighted by Gasteiger charge is 2.27. The van der Waals surface area contributed by atoms with E-state index in [1.165, 1.54) is 0 Å². The number of benzene rings is 2. The average Bonchev–Trinajstić information content (AvgIpc) is 3.07. The van der Waals surface area contributed by atoms with E-state index in [0.29, 0.717) is 35.0 Å². The van der Waals surface area contributed by atoms with Crippen LogP contribution in [0.4, 0.5) is 0 Å². The van der Waals surface area contributed by atoms with E-state index in [-0.39, 0.29) is 17.2 Å². The van der Waals surface area contributed by atoms with Crippen molar-refractivity contribution in [2.45, 2.75) is 27.2 Å². The molecule has 3 rings (SSSR count). The van der Waals surface area contributed by atoms with Crippen LogP contribution in [0.5, 0.6) is 0 Å². The molecule has 0 bridgehead atoms. The molecular weight excluding hydrogens is 376 g/mol. The van der Waals surface area contributed by atoms with Crippen molar-refractivity contribution in [1.29, 1.82) is 5.26 Å². The van der Waals surface area contributed by atoms with Gasteiger partial charge in [-0.1, -0.05) is 55.8 Å². The number of amidine groups is 1. The zero-order valence-electron chi connectivity index (χ0n) is 17.3. The van der Waals surface area contributed by atoms with Gasteiger partial charge in [-0.05, 0) is 31.4 Å². The summed E-state index contributed by atoms with van der Waals surface area (Å²) in [4.78, 5) is 29.7. The minimum atomic E-state index is -0.460. The first kappa shape index (κ1) is 21.0. The van der Waals surface area contributed by atoms with Gasteiger partial charge in [-0.3, -0.25) is 9.59 Å². The Kier molecular flexibility index (Phi) is 6.43. The lowest BCUT2D eigenvalue weighted by atomic mass is 10.0. The summed E-state index contributed by atoms with van der Waals surface area (Å²) in [5, 5.41) is 15.2. The van der Waals surface area contributed by atoms with Gasteiger partial charge < -0.3 is 10.6 Å². The van der Waals surface area contributed by atoms with E-state index in [2.05, 4.69) is 29.5 Å². The SMILES string of the molecule is Cc1ccc(C(=O)NC2=NC(=C(C#N)C(=O)NCCC(C)C)c3ccccc32)cc1. The van der Waals surface area contributed by atoms with Crippen LogP contribution in [0.15, 0.2) is 59.1 Å². The largest absolute Gasteiger partial charge is 0.351 e. The molecule has 0 atom stereocenters. The van der Waals surface area contributed by atoms with Crippen LogP contribution < -0.4 is 10.6 Å². The number of carbonyl (C=O) groups is 2. The number of carbonyl (C=O) groups excluding carboxylic acids is 2. The van der Waals surface area contributed by atoms with Gasteiger partial charge in [0.05, 0.1) is 5.70 Å². The van der Waals surface area contributed by atoms with Gasteiger partial charge in [0.2, 0.25) is 0 Å². The Morgan fingerprint density at radius 2 is 1.73 bits per heavy atom. The van der Waals surface area contributed by atoms with E-state index in [1.54, 1.807) is 18.2 Å². The highest BCUT2D eigenvalue weighted by molar-refractivity contribution is 6.20. The molecule has 6 heteroatoms. The third kappa shape index (κ3) is 4.64. The highest BCUT2D eigenvalue weighted by Crippen LogP contribution is 2.30. The van der Waals surface area contributed by atoms with E-state index in [0.717, 1.165) is 12.0 Å². The smallest absolute Gasteiger partial charge is 0.264 e. The number of nitrogens with one attached hydrogen (secondary N) is 2. The van der Waals surface area contributed by atoms with Crippen molar-refractivity contribution in [3.05, 3.63) is 76.4 Å². The third-order valence-electron chi connectivity index (χ3n) is 4.79. The molecule has 0 fully saturated rings. The van der Waals surface area contributed by atoms with E-state index in [9.17, 15) is 14.9 Å². The number of fused-ring (bicyclic) bond motifs is 1. The van der Waals surface area contributed by atoms with Crippen LogP contribution in [0.3, 0.4) is 0 Å². The molecule has 2 N–H and O–H groups in total. The lowest BCUT2D eigenvalue weighted by molar-refractivity contribution is -0.117. The van der Waals surface area contributed by atoms with Crippen molar-refractivity contribution in [3.63, 3.8) is 0 Å². The molecule has 2 amide bonds. The molecule has 0 saturated heterocycles. The summed E-state index contributed by atoms with van der Waals surface area (Å²) in [6.45, 7) is 6.57. The maximum Gasteiger partial charge on any atom is 0.264 e. The molecule has 1 heterocycles. The van der Waals surface area contributed by atoms with Crippen molar-refractivity contribution >= 4 is 23.3 Å². The van der Waals surface area contributed by atoms with Crippen LogP contribution >= 0.6 is 0 Å². The fraction of sp³-hybridized carbons (Fsp3) is 0.250. The number of nitriles is 1. The lowest BCUT2D eigenvalue weighted by Crippen LogP contribution is -2.30. The summed E-state index contributed by atoms with van der Waals surface area (Å²) in [6, 6.07) is 16.4. The second kappa shape index (κ2) is 9.19. The Labute approximate surface area is 176 Å². The molecule has 0 aromatic heterocycles. The predicted octanol–water partition coefficient (Wildman–Crippen LogP) is 3.58. The fourth-order valence-corrected chi connectivity index (χ4v) is 3.07. The molecule has 0 spiro atoms. The van der Waals surface area contributed by atoms with Gasteiger partial charge >= 0.3 is 0 Å². The summed E-state index contributed by atoms with van der Waals surface area (Å²) in [6.07, 6.45) is 0.817. The average molecular weight is 400 g/mol. The molecule has 0 radical (unpaired) electrons. The number of amides is 2. The molecule has 1 aliphatic rings. The van der Waals surface area contributed by atoms with Gasteiger partial charge in [0, 0.05) is 23.2 Å². The van der Waals surface area contributed by atoms with Gasteiger partial charge in [-0.2, -0.15) is 5.26 Å². The number of nitrogens with zero attached hydrogens (tertiary/aromatic N) is 2. The standard InChI is InChI=1S/C24H24N4O2/c1-15(2)12-13-26-24(30)20(14-25)21-18-6-4-5-7-19(18)22(27-21)28-23(29)17-10-8-16(3)9-11-17/h4-11,15H,12-13H2,1-3H3,(H,26,30)(H,27,28,29). The lowest BCUT2D eigenvalue weighted by Gasteiger charge is -2.07. The van der Waals surface area contributed by atoms with E-state index in [4.69, 9.17) is 0 Å². The predicted molar refractivity (Wildman–Crippen MR) is 117 cm³/mol. The molecule has 152 valence electrons. The van der Waals surface area contributed by atoms with Crippen molar-refractivity contribution in [2.75, 3.05) is 6.54 Å². The minimum Gasteiger partial charge on any atom is -0.351 e. The van der Waals surface area contributed by atoms with Crippen LogP contribution in [0.2, 0.25) is 0 Å². The Morgan fingerprint density at radius 3 is 2.37 bits per heavy atom. The number of rotatable bonds is 5. The summed E-state index contributed by atoms with van der Waals surface area (Å²) in [5.41, 5.74) is 3.09. The zero-order chi connectivity index (χ0) is 21.7. The van der Waals surface area contributed by atoms with Crippen molar-refractivity contribution in [2.24, 2.45) is 10.9 Å². The molecule has 2 aromatic carbocycles. The monoisotopic (exact) mass is 400 g/mol. The van der Waals surface area contributed by atoms with Gasteiger partial charge in [0.25, 0.3) is 11.8 Å². The van der Waals surface area contributed by atoms with Gasteiger partial charge in [0.15, 0.2) is 0 Å². The number of hydrogen-bond donors (Lipinski definition) is 2. The number of hydrogen-bond acceptors (Lipinski definition) is 4. The zero-order valence-corrected chi connectivity index (χ0v) is 17.3. The van der Waals surface area contributed by atoms with Crippen LogP contribution in [0, 0.1) is 24.2 Å². The number of aliphatic imine (C=N–C) groups is 1. The third-order valence-corrected chi connectivity index (χ3v) is 4.79. The molecule has 6 nitrogen and oxygen atoms in total. The fourth-order valence-electron chi connectivity index (χ4n) is 3.07. The minimum absolute atomic E-state index is 0.0641. The topological polar surface area (TPSA) is 94.3 Å². The Balaban J connectivity index is 1.91. The van der Waals surface area contributed by atoms with Crippen molar-refractivity contribution < 1.29 is 9.59 Å². The summed E-state index contributed by atoms with van der Waals surface area (Å²) < 4.78 is 0. The van der Waals surface area contributed by atoms with E-state index < -0.39 is 5.91 Å². The molecule has 0 aliphatic carbocycles. The normalized spacial score (nSPS) is 13.9. The Bertz CT molecular complexity index is 1070. The highest BCUT2D eigenvalue weighted by atomic mass is 16.2. The van der Waals surface area contributed by atoms with Crippen molar-refractivity contribution in [3.8, 4) is 6.07 Å². The van der Waals surface area contributed by atoms with E-state index >= 15 is 0 Å². The molecular formula is C24H24N4O2. The summed E-state index contributed by atoms with van der Waals surface area (Å²) in [5.74, 6) is 0.00807. The van der Waals surface area contributed by atoms with Gasteiger partial charge in [-0.25, -0.2) is 4.99 Å². The second-order valence-electron chi connectivity index (χ2n) is 7.60. The first-order valence-electron chi connectivity index (χ1n) is 9.89. The molecule has 2 aromatic rings. The summed E-state index contributed by atoms with van der Waals surface area (Å²) in [7, 11) is 0.